The van der Waals surface area contributed by atoms with Gasteiger partial charge < -0.3 is 0 Å². The van der Waals surface area contributed by atoms with Gasteiger partial charge >= 0.3 is 0 Å². The molecule has 0 amide bonds. The average Bonchev–Trinajstić information content (AvgIpc) is 3.37. The molecular weight excluding hydrogens is 468 g/mol. The lowest BCUT2D eigenvalue weighted by Crippen LogP contribution is -2.23. The Kier molecular flexibility index (Phi) is 4.99. The van der Waals surface area contributed by atoms with E-state index in [4.69, 9.17) is 0 Å². The van der Waals surface area contributed by atoms with Crippen LogP contribution in [0.5, 0.6) is 0 Å². The van der Waals surface area contributed by atoms with Crippen molar-refractivity contribution in [1.82, 2.24) is 19.2 Å². The Balaban J connectivity index is 1.61. The Morgan fingerprint density at radius 1 is 1.00 bits per heavy atom. The number of rotatable bonds is 5. The first-order valence-corrected chi connectivity index (χ1v) is 11.6. The van der Waals surface area contributed by atoms with E-state index in [9.17, 15) is 4.79 Å². The number of halogens is 1. The molecule has 5 aromatic rings. The third-order valence-electron chi connectivity index (χ3n) is 4.62. The summed E-state index contributed by atoms with van der Waals surface area (Å²) in [6.07, 6.45) is 0. The average molecular weight is 483 g/mol. The summed E-state index contributed by atoms with van der Waals surface area (Å²) >= 11 is 6.59. The molecule has 0 unspecified atom stereocenters. The van der Waals surface area contributed by atoms with Crippen molar-refractivity contribution in [3.8, 4) is 0 Å². The van der Waals surface area contributed by atoms with E-state index in [1.54, 1.807) is 16.3 Å². The minimum absolute atomic E-state index is 0.0257. The highest BCUT2D eigenvalue weighted by atomic mass is 79.9. The van der Waals surface area contributed by atoms with Gasteiger partial charge in [-0.1, -0.05) is 70.2 Å². The van der Waals surface area contributed by atoms with E-state index < -0.39 is 0 Å². The van der Waals surface area contributed by atoms with Crippen molar-refractivity contribution in [1.29, 1.82) is 0 Å². The predicted octanol–water partition coefficient (Wildman–Crippen LogP) is 5.21. The van der Waals surface area contributed by atoms with Gasteiger partial charge in [-0.2, -0.15) is 0 Å². The first-order valence-electron chi connectivity index (χ1n) is 8.97. The lowest BCUT2D eigenvalue weighted by atomic mass is 10.2. The maximum absolute atomic E-state index is 13.1. The van der Waals surface area contributed by atoms with Gasteiger partial charge in [-0.25, -0.2) is 0 Å². The molecule has 0 bridgehead atoms. The normalized spacial score (nSPS) is 11.5. The Bertz CT molecular complexity index is 1370. The first kappa shape index (κ1) is 18.6. The largest absolute Gasteiger partial charge is 0.273 e. The summed E-state index contributed by atoms with van der Waals surface area (Å²) in [6, 6.07) is 20.1. The van der Waals surface area contributed by atoms with E-state index in [0.717, 1.165) is 31.2 Å². The lowest BCUT2D eigenvalue weighted by Gasteiger charge is -2.09. The number of aromatic nitrogens is 4. The molecule has 0 saturated carbocycles. The maximum atomic E-state index is 13.1. The van der Waals surface area contributed by atoms with Crippen LogP contribution in [0.15, 0.2) is 80.5 Å². The summed E-state index contributed by atoms with van der Waals surface area (Å²) in [5.41, 5.74) is 3.09. The van der Waals surface area contributed by atoms with Crippen LogP contribution in [0, 0.1) is 0 Å². The monoisotopic (exact) mass is 482 g/mol. The quantitative estimate of drug-likeness (QED) is 0.322. The summed E-state index contributed by atoms with van der Waals surface area (Å²) < 4.78 is 5.49. The van der Waals surface area contributed by atoms with Crippen molar-refractivity contribution in [2.45, 2.75) is 17.5 Å². The van der Waals surface area contributed by atoms with Crippen LogP contribution >= 0.6 is 39.0 Å². The summed E-state index contributed by atoms with van der Waals surface area (Å²) in [7, 11) is 0. The summed E-state index contributed by atoms with van der Waals surface area (Å²) in [6.45, 7) is 0.464. The standard InChI is InChI=1S/C21H15BrN4OS2/c22-16-8-4-7-15(11-16)13-29-21-24-23-20-25(12-14-5-2-1-3-6-14)19(27)18-17(26(20)21)9-10-28-18/h1-11H,12-13H2. The van der Waals surface area contributed by atoms with Gasteiger partial charge in [0.15, 0.2) is 5.16 Å². The summed E-state index contributed by atoms with van der Waals surface area (Å²) in [5, 5.41) is 11.5. The second-order valence-electron chi connectivity index (χ2n) is 6.55. The van der Waals surface area contributed by atoms with Crippen LogP contribution in [0.25, 0.3) is 16.0 Å². The third-order valence-corrected chi connectivity index (χ3v) is 7.01. The van der Waals surface area contributed by atoms with Gasteiger partial charge in [0.05, 0.1) is 12.1 Å². The van der Waals surface area contributed by atoms with Gasteiger partial charge in [0, 0.05) is 10.2 Å². The van der Waals surface area contributed by atoms with Crippen LogP contribution in [-0.2, 0) is 12.3 Å². The molecule has 0 atom stereocenters. The smallest absolute Gasteiger partial charge is 0.271 e. The molecule has 5 rings (SSSR count). The molecule has 0 aliphatic rings. The Morgan fingerprint density at radius 3 is 2.66 bits per heavy atom. The van der Waals surface area contributed by atoms with Crippen LogP contribution in [0.2, 0.25) is 0 Å². The van der Waals surface area contributed by atoms with Crippen molar-refractivity contribution in [2.24, 2.45) is 0 Å². The minimum atomic E-state index is -0.0257. The minimum Gasteiger partial charge on any atom is -0.271 e. The molecule has 0 spiro atoms. The molecule has 144 valence electrons. The van der Waals surface area contributed by atoms with E-state index in [1.807, 2.05) is 58.3 Å². The van der Waals surface area contributed by atoms with Crippen molar-refractivity contribution < 1.29 is 0 Å². The van der Waals surface area contributed by atoms with Crippen LogP contribution in [-0.4, -0.2) is 19.2 Å². The van der Waals surface area contributed by atoms with Gasteiger partial charge in [-0.05, 0) is 34.7 Å². The van der Waals surface area contributed by atoms with Crippen molar-refractivity contribution in [3.63, 3.8) is 0 Å². The first-order chi connectivity index (χ1) is 14.2. The second-order valence-corrected chi connectivity index (χ2v) is 9.32. The van der Waals surface area contributed by atoms with Crippen LogP contribution in [0.1, 0.15) is 11.1 Å². The van der Waals surface area contributed by atoms with E-state index in [2.05, 4.69) is 38.3 Å². The molecule has 0 N–H and O–H groups in total. The lowest BCUT2D eigenvalue weighted by molar-refractivity contribution is 0.765. The van der Waals surface area contributed by atoms with E-state index in [1.165, 1.54) is 16.9 Å². The number of hydrogen-bond donors (Lipinski definition) is 0. The number of thioether (sulfide) groups is 1. The van der Waals surface area contributed by atoms with Gasteiger partial charge in [0.1, 0.15) is 4.70 Å². The van der Waals surface area contributed by atoms with Crippen molar-refractivity contribution in [2.75, 3.05) is 0 Å². The SMILES string of the molecule is O=c1c2sccc2n2c(SCc3cccc(Br)c3)nnc2n1Cc1ccccc1. The van der Waals surface area contributed by atoms with E-state index >= 15 is 0 Å². The highest BCUT2D eigenvalue weighted by Crippen LogP contribution is 2.27. The molecule has 0 aliphatic heterocycles. The molecule has 5 nitrogen and oxygen atoms in total. The molecule has 0 fully saturated rings. The Morgan fingerprint density at radius 2 is 1.83 bits per heavy atom. The van der Waals surface area contributed by atoms with E-state index in [0.29, 0.717) is 12.3 Å². The highest BCUT2D eigenvalue weighted by molar-refractivity contribution is 9.10. The van der Waals surface area contributed by atoms with Gasteiger partial charge in [0.2, 0.25) is 5.78 Å². The fourth-order valence-electron chi connectivity index (χ4n) is 3.28. The van der Waals surface area contributed by atoms with Crippen molar-refractivity contribution in [3.05, 3.63) is 92.0 Å². The Hall–Kier alpha value is -2.42. The molecule has 29 heavy (non-hydrogen) atoms. The maximum Gasteiger partial charge on any atom is 0.273 e. The Labute approximate surface area is 183 Å². The van der Waals surface area contributed by atoms with Gasteiger partial charge in [-0.15, -0.1) is 21.5 Å². The molecular formula is C21H15BrN4OS2. The predicted molar refractivity (Wildman–Crippen MR) is 122 cm³/mol. The number of thiophene rings is 1. The van der Waals surface area contributed by atoms with Crippen LogP contribution in [0.3, 0.4) is 0 Å². The zero-order valence-corrected chi connectivity index (χ0v) is 18.4. The second kappa shape index (κ2) is 7.78. The summed E-state index contributed by atoms with van der Waals surface area (Å²) in [5.74, 6) is 1.34. The number of hydrogen-bond acceptors (Lipinski definition) is 5. The fourth-order valence-corrected chi connectivity index (χ4v) is 5.43. The van der Waals surface area contributed by atoms with Gasteiger partial charge in [0.25, 0.3) is 5.56 Å². The molecule has 8 heteroatoms. The number of nitrogens with zero attached hydrogens (tertiary/aromatic N) is 4. The number of fused-ring (bicyclic) bond motifs is 3. The zero-order chi connectivity index (χ0) is 19.8. The summed E-state index contributed by atoms with van der Waals surface area (Å²) in [4.78, 5) is 13.1. The van der Waals surface area contributed by atoms with Crippen LogP contribution in [0.4, 0.5) is 0 Å². The third kappa shape index (κ3) is 3.52. The highest BCUT2D eigenvalue weighted by Gasteiger charge is 2.18. The zero-order valence-electron chi connectivity index (χ0n) is 15.2. The molecule has 0 radical (unpaired) electrons. The topological polar surface area (TPSA) is 52.2 Å². The molecule has 0 saturated heterocycles. The number of benzene rings is 2. The van der Waals surface area contributed by atoms with E-state index in [-0.39, 0.29) is 5.56 Å². The fraction of sp³-hybridized carbons (Fsp3) is 0.0952. The molecule has 2 aromatic carbocycles. The molecule has 3 heterocycles. The van der Waals surface area contributed by atoms with Crippen molar-refractivity contribution >= 4 is 55.0 Å². The molecule has 0 aliphatic carbocycles. The van der Waals surface area contributed by atoms with Crippen LogP contribution < -0.4 is 5.56 Å². The molecule has 3 aromatic heterocycles. The van der Waals surface area contributed by atoms with Gasteiger partial charge in [-0.3, -0.25) is 13.8 Å².